The van der Waals surface area contributed by atoms with Gasteiger partial charge in [0.05, 0.1) is 5.02 Å². The highest BCUT2D eigenvalue weighted by Crippen LogP contribution is 2.42. The summed E-state index contributed by atoms with van der Waals surface area (Å²) in [6.45, 7) is 4.65. The second-order valence-corrected chi connectivity index (χ2v) is 8.00. The van der Waals surface area contributed by atoms with E-state index in [-0.39, 0.29) is 0 Å². The summed E-state index contributed by atoms with van der Waals surface area (Å²) in [6, 6.07) is 6.72. The molecule has 4 heteroatoms. The normalized spacial score (nSPS) is 22.9. The van der Waals surface area contributed by atoms with E-state index in [2.05, 4.69) is 34.1 Å². The second-order valence-electron chi connectivity index (χ2n) is 7.59. The average Bonchev–Trinajstić information content (AvgIpc) is 3.03. The Bertz CT molecular complexity index is 681. The molecule has 1 saturated carbocycles. The first-order valence-electron chi connectivity index (χ1n) is 9.42. The minimum Gasteiger partial charge on any atom is -0.361 e. The average molecular weight is 346 g/mol. The number of benzene rings is 1. The SMILES string of the molecule is CN1CCN(C(c2c[nH]c3cccc(Cl)c23)C2CCCCC2)CC1. The maximum absolute atomic E-state index is 6.60. The molecule has 1 aromatic heterocycles. The molecule has 0 bridgehead atoms. The van der Waals surface area contributed by atoms with Crippen LogP contribution in [-0.2, 0) is 0 Å². The van der Waals surface area contributed by atoms with Crippen molar-refractivity contribution in [1.29, 1.82) is 0 Å². The fourth-order valence-corrected chi connectivity index (χ4v) is 4.98. The van der Waals surface area contributed by atoms with E-state index in [1.54, 1.807) is 0 Å². The van der Waals surface area contributed by atoms with E-state index in [1.165, 1.54) is 61.7 Å². The lowest BCUT2D eigenvalue weighted by Crippen LogP contribution is -2.47. The molecule has 4 rings (SSSR count). The van der Waals surface area contributed by atoms with Gasteiger partial charge in [-0.1, -0.05) is 36.9 Å². The topological polar surface area (TPSA) is 22.3 Å². The maximum Gasteiger partial charge on any atom is 0.0503 e. The van der Waals surface area contributed by atoms with Gasteiger partial charge in [0.25, 0.3) is 0 Å². The first kappa shape index (κ1) is 16.4. The molecule has 1 aromatic carbocycles. The molecule has 1 unspecified atom stereocenters. The third-order valence-electron chi connectivity index (χ3n) is 6.03. The van der Waals surface area contributed by atoms with Crippen molar-refractivity contribution in [1.82, 2.24) is 14.8 Å². The molecule has 1 aliphatic heterocycles. The van der Waals surface area contributed by atoms with Crippen molar-refractivity contribution in [3.05, 3.63) is 35.0 Å². The minimum atomic E-state index is 0.507. The molecule has 1 N–H and O–H groups in total. The second kappa shape index (κ2) is 7.07. The summed E-state index contributed by atoms with van der Waals surface area (Å²) < 4.78 is 0. The van der Waals surface area contributed by atoms with Gasteiger partial charge < -0.3 is 9.88 Å². The van der Waals surface area contributed by atoms with Gasteiger partial charge in [-0.15, -0.1) is 0 Å². The summed E-state index contributed by atoms with van der Waals surface area (Å²) in [6.07, 6.45) is 9.10. The fraction of sp³-hybridized carbons (Fsp3) is 0.600. The molecule has 2 heterocycles. The number of aromatic amines is 1. The molecule has 2 aliphatic rings. The van der Waals surface area contributed by atoms with E-state index in [9.17, 15) is 0 Å². The number of halogens is 1. The van der Waals surface area contributed by atoms with Gasteiger partial charge in [0, 0.05) is 49.3 Å². The van der Waals surface area contributed by atoms with Crippen molar-refractivity contribution in [3.63, 3.8) is 0 Å². The van der Waals surface area contributed by atoms with Crippen LogP contribution in [0, 0.1) is 5.92 Å². The van der Waals surface area contributed by atoms with Gasteiger partial charge in [-0.25, -0.2) is 0 Å². The molecular weight excluding hydrogens is 318 g/mol. The van der Waals surface area contributed by atoms with Crippen molar-refractivity contribution in [2.75, 3.05) is 33.2 Å². The monoisotopic (exact) mass is 345 g/mol. The van der Waals surface area contributed by atoms with Crippen molar-refractivity contribution in [2.45, 2.75) is 38.1 Å². The predicted molar refractivity (Wildman–Crippen MR) is 102 cm³/mol. The first-order valence-corrected chi connectivity index (χ1v) is 9.80. The molecule has 3 nitrogen and oxygen atoms in total. The van der Waals surface area contributed by atoms with E-state index >= 15 is 0 Å². The summed E-state index contributed by atoms with van der Waals surface area (Å²) in [5.74, 6) is 0.762. The van der Waals surface area contributed by atoms with E-state index in [1.807, 2.05) is 12.1 Å². The lowest BCUT2D eigenvalue weighted by Gasteiger charge is -2.42. The van der Waals surface area contributed by atoms with Crippen LogP contribution in [0.4, 0.5) is 0 Å². The zero-order valence-electron chi connectivity index (χ0n) is 14.6. The Morgan fingerprint density at radius 2 is 1.83 bits per heavy atom. The zero-order chi connectivity index (χ0) is 16.5. The van der Waals surface area contributed by atoms with Crippen LogP contribution in [0.2, 0.25) is 5.02 Å². The number of fused-ring (bicyclic) bond motifs is 1. The Hall–Kier alpha value is -1.03. The molecule has 0 amide bonds. The Kier molecular flexibility index (Phi) is 4.84. The van der Waals surface area contributed by atoms with Crippen LogP contribution in [0.1, 0.15) is 43.7 Å². The number of nitrogens with one attached hydrogen (secondary N) is 1. The van der Waals surface area contributed by atoms with E-state index in [4.69, 9.17) is 11.6 Å². The van der Waals surface area contributed by atoms with Gasteiger partial charge in [-0.2, -0.15) is 0 Å². The van der Waals surface area contributed by atoms with Crippen molar-refractivity contribution < 1.29 is 0 Å². The van der Waals surface area contributed by atoms with Gasteiger partial charge in [0.2, 0.25) is 0 Å². The van der Waals surface area contributed by atoms with Crippen LogP contribution in [-0.4, -0.2) is 48.0 Å². The number of rotatable bonds is 3. The Morgan fingerprint density at radius 1 is 1.08 bits per heavy atom. The van der Waals surface area contributed by atoms with Gasteiger partial charge in [0.1, 0.15) is 0 Å². The number of hydrogen-bond acceptors (Lipinski definition) is 2. The summed E-state index contributed by atoms with van der Waals surface area (Å²) in [7, 11) is 2.23. The molecule has 1 saturated heterocycles. The quantitative estimate of drug-likeness (QED) is 0.871. The van der Waals surface area contributed by atoms with Crippen LogP contribution in [0.15, 0.2) is 24.4 Å². The van der Waals surface area contributed by atoms with Gasteiger partial charge >= 0.3 is 0 Å². The number of H-pyrrole nitrogens is 1. The van der Waals surface area contributed by atoms with Gasteiger partial charge in [-0.05, 0) is 43.5 Å². The highest BCUT2D eigenvalue weighted by atomic mass is 35.5. The largest absolute Gasteiger partial charge is 0.361 e. The van der Waals surface area contributed by atoms with Crippen molar-refractivity contribution >= 4 is 22.5 Å². The first-order chi connectivity index (χ1) is 11.7. The van der Waals surface area contributed by atoms with Crippen LogP contribution in [0.25, 0.3) is 10.9 Å². The van der Waals surface area contributed by atoms with E-state index in [0.717, 1.165) is 24.0 Å². The molecule has 0 radical (unpaired) electrons. The maximum atomic E-state index is 6.60. The Morgan fingerprint density at radius 3 is 2.58 bits per heavy atom. The van der Waals surface area contributed by atoms with Gasteiger partial charge in [0.15, 0.2) is 0 Å². The highest BCUT2D eigenvalue weighted by Gasteiger charge is 2.33. The number of hydrogen-bond donors (Lipinski definition) is 1. The molecule has 130 valence electrons. The highest BCUT2D eigenvalue weighted by molar-refractivity contribution is 6.35. The molecule has 1 atom stereocenters. The van der Waals surface area contributed by atoms with Crippen molar-refractivity contribution in [3.8, 4) is 0 Å². The smallest absolute Gasteiger partial charge is 0.0503 e. The van der Waals surface area contributed by atoms with Crippen LogP contribution in [0.3, 0.4) is 0 Å². The number of aromatic nitrogens is 1. The summed E-state index contributed by atoms with van der Waals surface area (Å²) in [5, 5.41) is 2.13. The molecule has 24 heavy (non-hydrogen) atoms. The van der Waals surface area contributed by atoms with Crippen LogP contribution < -0.4 is 0 Å². The summed E-state index contributed by atoms with van der Waals surface area (Å²) in [5.41, 5.74) is 2.60. The fourth-order valence-electron chi connectivity index (χ4n) is 4.70. The predicted octanol–water partition coefficient (Wildman–Crippen LogP) is 4.69. The van der Waals surface area contributed by atoms with Crippen molar-refractivity contribution in [2.24, 2.45) is 5.92 Å². The Labute approximate surface area is 150 Å². The molecule has 1 aliphatic carbocycles. The molecule has 2 aromatic rings. The molecular formula is C20H28ClN3. The standard InChI is InChI=1S/C20H28ClN3/c1-23-10-12-24(13-11-23)20(15-6-3-2-4-7-15)16-14-22-18-9-5-8-17(21)19(16)18/h5,8-9,14-15,20,22H,2-4,6-7,10-13H2,1H3. The third kappa shape index (κ3) is 3.10. The summed E-state index contributed by atoms with van der Waals surface area (Å²) >= 11 is 6.60. The lowest BCUT2D eigenvalue weighted by molar-refractivity contribution is 0.0678. The van der Waals surface area contributed by atoms with Gasteiger partial charge in [-0.3, -0.25) is 4.90 Å². The van der Waals surface area contributed by atoms with E-state index < -0.39 is 0 Å². The van der Waals surface area contributed by atoms with Crippen LogP contribution in [0.5, 0.6) is 0 Å². The number of piperazine rings is 1. The number of nitrogens with zero attached hydrogens (tertiary/aromatic N) is 2. The third-order valence-corrected chi connectivity index (χ3v) is 6.35. The Balaban J connectivity index is 1.73. The molecule has 0 spiro atoms. The lowest BCUT2D eigenvalue weighted by atomic mass is 9.80. The summed E-state index contributed by atoms with van der Waals surface area (Å²) in [4.78, 5) is 8.64. The minimum absolute atomic E-state index is 0.507. The molecule has 2 fully saturated rings. The number of likely N-dealkylation sites (N-methyl/N-ethyl adjacent to an activating group) is 1. The van der Waals surface area contributed by atoms with E-state index in [0.29, 0.717) is 6.04 Å². The van der Waals surface area contributed by atoms with Crippen LogP contribution >= 0.6 is 11.6 Å². The zero-order valence-corrected chi connectivity index (χ0v) is 15.4.